The highest BCUT2D eigenvalue weighted by Crippen LogP contribution is 2.29. The molecule has 2 aromatic rings. The van der Waals surface area contributed by atoms with Crippen LogP contribution in [0.15, 0.2) is 35.8 Å². The molecule has 1 amide bonds. The van der Waals surface area contributed by atoms with Crippen molar-refractivity contribution in [2.75, 3.05) is 18.0 Å². The third-order valence-corrected chi connectivity index (χ3v) is 5.00. The summed E-state index contributed by atoms with van der Waals surface area (Å²) in [6, 6.07) is 5.04. The molecule has 3 rings (SSSR count). The summed E-state index contributed by atoms with van der Waals surface area (Å²) in [5.41, 5.74) is 0.0490. The molecule has 25 heavy (non-hydrogen) atoms. The SMILES string of the molecule is O=C(CCc1ccc(C(F)(F)F)cc1)NC1CCN(c2nccs2)C1. The van der Waals surface area contributed by atoms with Crippen LogP contribution in [0.5, 0.6) is 0 Å². The number of rotatable bonds is 5. The predicted octanol–water partition coefficient (Wildman–Crippen LogP) is 3.49. The molecule has 0 radical (unpaired) electrons. The summed E-state index contributed by atoms with van der Waals surface area (Å²) >= 11 is 1.57. The summed E-state index contributed by atoms with van der Waals surface area (Å²) in [5, 5.41) is 5.87. The van der Waals surface area contributed by atoms with E-state index < -0.39 is 11.7 Å². The number of nitrogens with one attached hydrogen (secondary N) is 1. The van der Waals surface area contributed by atoms with Gasteiger partial charge in [-0.25, -0.2) is 4.98 Å². The zero-order chi connectivity index (χ0) is 17.9. The smallest absolute Gasteiger partial charge is 0.352 e. The van der Waals surface area contributed by atoms with Crippen molar-refractivity contribution >= 4 is 22.4 Å². The van der Waals surface area contributed by atoms with Gasteiger partial charge in [0.25, 0.3) is 0 Å². The highest BCUT2D eigenvalue weighted by molar-refractivity contribution is 7.13. The lowest BCUT2D eigenvalue weighted by molar-refractivity contribution is -0.137. The average molecular weight is 369 g/mol. The third-order valence-electron chi connectivity index (χ3n) is 4.17. The molecular formula is C17H18F3N3OS. The number of alkyl halides is 3. The Bertz CT molecular complexity index is 701. The number of benzene rings is 1. The quantitative estimate of drug-likeness (QED) is 0.878. The van der Waals surface area contributed by atoms with E-state index in [4.69, 9.17) is 0 Å². The van der Waals surface area contributed by atoms with Crippen LogP contribution in [-0.2, 0) is 17.4 Å². The standard InChI is InChI=1S/C17H18F3N3OS/c18-17(19,20)13-4-1-12(2-5-13)3-6-15(24)22-14-7-9-23(11-14)16-21-8-10-25-16/h1-2,4-5,8,10,14H,3,6-7,9,11H2,(H,22,24). The van der Waals surface area contributed by atoms with Gasteiger partial charge in [-0.3, -0.25) is 4.79 Å². The summed E-state index contributed by atoms with van der Waals surface area (Å²) < 4.78 is 37.6. The Hall–Kier alpha value is -2.09. The fraction of sp³-hybridized carbons (Fsp3) is 0.412. The normalized spacial score (nSPS) is 17.7. The van der Waals surface area contributed by atoms with Crippen molar-refractivity contribution in [1.29, 1.82) is 0 Å². The van der Waals surface area contributed by atoms with Gasteiger partial charge in [-0.15, -0.1) is 11.3 Å². The molecule has 1 unspecified atom stereocenters. The monoisotopic (exact) mass is 369 g/mol. The molecule has 2 heterocycles. The highest BCUT2D eigenvalue weighted by Gasteiger charge is 2.30. The first-order chi connectivity index (χ1) is 11.9. The van der Waals surface area contributed by atoms with Crippen LogP contribution >= 0.6 is 11.3 Å². The van der Waals surface area contributed by atoms with Crippen LogP contribution in [0.3, 0.4) is 0 Å². The second kappa shape index (κ2) is 7.43. The van der Waals surface area contributed by atoms with E-state index in [0.29, 0.717) is 6.42 Å². The lowest BCUT2D eigenvalue weighted by Crippen LogP contribution is -2.37. The van der Waals surface area contributed by atoms with Crippen LogP contribution in [0.2, 0.25) is 0 Å². The zero-order valence-corrected chi connectivity index (χ0v) is 14.2. The molecule has 8 heteroatoms. The molecule has 4 nitrogen and oxygen atoms in total. The van der Waals surface area contributed by atoms with E-state index in [1.807, 2.05) is 5.38 Å². The van der Waals surface area contributed by atoms with Gasteiger partial charge in [0.05, 0.1) is 5.56 Å². The number of aryl methyl sites for hydroxylation is 1. The van der Waals surface area contributed by atoms with Gasteiger partial charge in [0.15, 0.2) is 5.13 Å². The largest absolute Gasteiger partial charge is 0.416 e. The number of amides is 1. The first-order valence-corrected chi connectivity index (χ1v) is 8.90. The van der Waals surface area contributed by atoms with Crippen LogP contribution < -0.4 is 10.2 Å². The molecule has 0 aliphatic carbocycles. The summed E-state index contributed by atoms with van der Waals surface area (Å²) in [5.74, 6) is -0.0779. The van der Waals surface area contributed by atoms with Gasteiger partial charge in [0.1, 0.15) is 0 Å². The van der Waals surface area contributed by atoms with Gasteiger partial charge < -0.3 is 10.2 Å². The number of carbonyl (C=O) groups is 1. The second-order valence-corrected chi connectivity index (χ2v) is 6.88. The minimum Gasteiger partial charge on any atom is -0.352 e. The van der Waals surface area contributed by atoms with Crippen LogP contribution in [-0.4, -0.2) is 30.0 Å². The molecule has 1 aromatic heterocycles. The van der Waals surface area contributed by atoms with Crippen molar-refractivity contribution in [2.45, 2.75) is 31.5 Å². The predicted molar refractivity (Wildman–Crippen MR) is 90.6 cm³/mol. The van der Waals surface area contributed by atoms with Crippen molar-refractivity contribution in [3.63, 3.8) is 0 Å². The minimum atomic E-state index is -4.33. The van der Waals surface area contributed by atoms with Crippen LogP contribution in [0, 0.1) is 0 Å². The van der Waals surface area contributed by atoms with Crippen LogP contribution in [0.25, 0.3) is 0 Å². The molecule has 1 saturated heterocycles. The van der Waals surface area contributed by atoms with E-state index in [-0.39, 0.29) is 18.4 Å². The van der Waals surface area contributed by atoms with Gasteiger partial charge in [-0.1, -0.05) is 12.1 Å². The van der Waals surface area contributed by atoms with Crippen molar-refractivity contribution < 1.29 is 18.0 Å². The lowest BCUT2D eigenvalue weighted by atomic mass is 10.1. The van der Waals surface area contributed by atoms with Crippen molar-refractivity contribution in [2.24, 2.45) is 0 Å². The summed E-state index contributed by atoms with van der Waals surface area (Å²) in [4.78, 5) is 18.5. The van der Waals surface area contributed by atoms with Crippen molar-refractivity contribution in [1.82, 2.24) is 10.3 Å². The first-order valence-electron chi connectivity index (χ1n) is 8.02. The molecule has 1 aromatic carbocycles. The number of anilines is 1. The molecule has 1 aliphatic heterocycles. The highest BCUT2D eigenvalue weighted by atomic mass is 32.1. The minimum absolute atomic E-state index is 0.0779. The fourth-order valence-corrected chi connectivity index (χ4v) is 3.52. The summed E-state index contributed by atoms with van der Waals surface area (Å²) in [6.07, 6.45) is -1.02. The maximum absolute atomic E-state index is 12.5. The first kappa shape index (κ1) is 17.7. The topological polar surface area (TPSA) is 45.2 Å². The molecule has 1 N–H and O–H groups in total. The Balaban J connectivity index is 1.44. The average Bonchev–Trinajstić information content (AvgIpc) is 3.23. The Labute approximate surface area is 147 Å². The Morgan fingerprint density at radius 3 is 2.72 bits per heavy atom. The van der Waals surface area contributed by atoms with Gasteiger partial charge in [0.2, 0.25) is 5.91 Å². The number of hydrogen-bond donors (Lipinski definition) is 1. The van der Waals surface area contributed by atoms with E-state index in [9.17, 15) is 18.0 Å². The van der Waals surface area contributed by atoms with E-state index in [0.717, 1.165) is 42.3 Å². The molecule has 1 atom stereocenters. The number of halogens is 3. The van der Waals surface area contributed by atoms with Crippen molar-refractivity contribution in [3.05, 3.63) is 47.0 Å². The Kier molecular flexibility index (Phi) is 5.27. The van der Waals surface area contributed by atoms with Gasteiger partial charge in [-0.05, 0) is 30.5 Å². The van der Waals surface area contributed by atoms with E-state index in [2.05, 4.69) is 15.2 Å². The van der Waals surface area contributed by atoms with Gasteiger partial charge in [-0.2, -0.15) is 13.2 Å². The van der Waals surface area contributed by atoms with E-state index in [1.54, 1.807) is 17.5 Å². The van der Waals surface area contributed by atoms with Crippen LogP contribution in [0.4, 0.5) is 18.3 Å². The lowest BCUT2D eigenvalue weighted by Gasteiger charge is -2.15. The molecule has 0 saturated carbocycles. The number of aromatic nitrogens is 1. The van der Waals surface area contributed by atoms with Gasteiger partial charge >= 0.3 is 6.18 Å². The number of carbonyl (C=O) groups excluding carboxylic acids is 1. The number of thiazole rings is 1. The molecule has 134 valence electrons. The summed E-state index contributed by atoms with van der Waals surface area (Å²) in [7, 11) is 0. The number of hydrogen-bond acceptors (Lipinski definition) is 4. The molecule has 1 aliphatic rings. The number of nitrogens with zero attached hydrogens (tertiary/aromatic N) is 2. The molecular weight excluding hydrogens is 351 g/mol. The van der Waals surface area contributed by atoms with E-state index in [1.165, 1.54) is 12.1 Å². The van der Waals surface area contributed by atoms with Gasteiger partial charge in [0, 0.05) is 37.1 Å². The Morgan fingerprint density at radius 1 is 1.32 bits per heavy atom. The molecule has 0 spiro atoms. The summed E-state index contributed by atoms with van der Waals surface area (Å²) in [6.45, 7) is 1.59. The molecule has 0 bridgehead atoms. The second-order valence-electron chi connectivity index (χ2n) is 6.01. The molecule has 1 fully saturated rings. The van der Waals surface area contributed by atoms with Crippen LogP contribution in [0.1, 0.15) is 24.0 Å². The van der Waals surface area contributed by atoms with E-state index >= 15 is 0 Å². The van der Waals surface area contributed by atoms with Crippen molar-refractivity contribution in [3.8, 4) is 0 Å². The maximum Gasteiger partial charge on any atom is 0.416 e. The fourth-order valence-electron chi connectivity index (χ4n) is 2.84. The zero-order valence-electron chi connectivity index (χ0n) is 13.4. The third kappa shape index (κ3) is 4.72. The maximum atomic E-state index is 12.5. The Morgan fingerprint density at radius 2 is 2.08 bits per heavy atom.